The summed E-state index contributed by atoms with van der Waals surface area (Å²) in [4.78, 5) is 0. The van der Waals surface area contributed by atoms with E-state index in [-0.39, 0.29) is 0 Å². The predicted molar refractivity (Wildman–Crippen MR) is 128 cm³/mol. The van der Waals surface area contributed by atoms with Gasteiger partial charge in [-0.2, -0.15) is 0 Å². The molecule has 0 nitrogen and oxygen atoms in total. The summed E-state index contributed by atoms with van der Waals surface area (Å²) in [6.07, 6.45) is 17.5. The zero-order valence-electron chi connectivity index (χ0n) is 20.2. The Labute approximate surface area is 196 Å². The molecule has 1 atom stereocenters. The molecule has 0 aliphatic heterocycles. The van der Waals surface area contributed by atoms with Gasteiger partial charge in [0, 0.05) is 0 Å². The van der Waals surface area contributed by atoms with Crippen LogP contribution in [0.25, 0.3) is 6.08 Å². The first-order valence-corrected chi connectivity index (χ1v) is 15.9. The van der Waals surface area contributed by atoms with Crippen LogP contribution in [0, 0.1) is 0 Å². The van der Waals surface area contributed by atoms with Gasteiger partial charge in [0.15, 0.2) is 0 Å². The Morgan fingerprint density at radius 3 is 2.17 bits per heavy atom. The fourth-order valence-corrected chi connectivity index (χ4v) is 15.0. The van der Waals surface area contributed by atoms with Crippen LogP contribution < -0.4 is 0 Å². The molecular weight excluding hydrogens is 527 g/mol. The van der Waals surface area contributed by atoms with Gasteiger partial charge in [0.05, 0.1) is 0 Å². The zero-order chi connectivity index (χ0) is 21.5. The van der Waals surface area contributed by atoms with E-state index in [9.17, 15) is 0 Å². The molecule has 0 N–H and O–H groups in total. The zero-order valence-corrected chi connectivity index (χ0v) is 23.8. The Bertz CT molecular complexity index is 902. The molecule has 3 aliphatic carbocycles. The van der Waals surface area contributed by atoms with Gasteiger partial charge in [-0.3, -0.25) is 0 Å². The van der Waals surface area contributed by atoms with Gasteiger partial charge in [-0.05, 0) is 0 Å². The molecule has 0 heterocycles. The summed E-state index contributed by atoms with van der Waals surface area (Å²) in [5.41, 5.74) is 13.1. The van der Waals surface area contributed by atoms with Crippen molar-refractivity contribution in [3.05, 3.63) is 62.8 Å². The number of hydrogen-bond acceptors (Lipinski definition) is 0. The minimum atomic E-state index is -1.14. The minimum absolute atomic E-state index is 0.378. The summed E-state index contributed by atoms with van der Waals surface area (Å²) < 4.78 is 0.768. The van der Waals surface area contributed by atoms with Crippen molar-refractivity contribution < 1.29 is 22.9 Å². The van der Waals surface area contributed by atoms with E-state index >= 15 is 0 Å². The number of allylic oxidation sites excluding steroid dienone is 5. The summed E-state index contributed by atoms with van der Waals surface area (Å²) in [7, 11) is 0. The topological polar surface area (TPSA) is 0 Å². The van der Waals surface area contributed by atoms with E-state index in [4.69, 9.17) is 0 Å². The summed E-state index contributed by atoms with van der Waals surface area (Å²) in [5, 5.41) is 0. The van der Waals surface area contributed by atoms with E-state index < -0.39 is 22.9 Å². The molecular formula is C29H40Hf. The van der Waals surface area contributed by atoms with E-state index in [1.165, 1.54) is 57.8 Å². The molecule has 0 spiro atoms. The molecule has 0 aromatic heterocycles. The Morgan fingerprint density at radius 1 is 0.867 bits per heavy atom. The van der Waals surface area contributed by atoms with Crippen molar-refractivity contribution >= 4 is 6.08 Å². The Hall–Kier alpha value is -0.690. The first-order valence-electron chi connectivity index (χ1n) is 12.3. The summed E-state index contributed by atoms with van der Waals surface area (Å²) in [6.45, 7) is 14.6. The van der Waals surface area contributed by atoms with Crippen LogP contribution in [0.1, 0.15) is 109 Å². The van der Waals surface area contributed by atoms with E-state index in [1.807, 2.05) is 0 Å². The van der Waals surface area contributed by atoms with Crippen LogP contribution in [0.2, 0.25) is 3.17 Å². The van der Waals surface area contributed by atoms with Crippen molar-refractivity contribution in [1.82, 2.24) is 0 Å². The Morgan fingerprint density at radius 2 is 1.50 bits per heavy atom. The molecule has 0 saturated heterocycles. The second kappa shape index (κ2) is 8.68. The fourth-order valence-electron chi connectivity index (χ4n) is 6.11. The van der Waals surface area contributed by atoms with Crippen LogP contribution in [-0.2, 0) is 38.9 Å². The molecule has 1 aromatic carbocycles. The maximum atomic E-state index is 2.70. The van der Waals surface area contributed by atoms with Gasteiger partial charge < -0.3 is 0 Å². The van der Waals surface area contributed by atoms with Gasteiger partial charge >= 0.3 is 197 Å². The third-order valence-corrected chi connectivity index (χ3v) is 17.2. The molecule has 1 heteroatoms. The molecule has 0 saturated carbocycles. The van der Waals surface area contributed by atoms with Crippen LogP contribution in [-0.4, -0.2) is 0 Å². The van der Waals surface area contributed by atoms with Crippen LogP contribution in [0.4, 0.5) is 0 Å². The fraction of sp³-hybridized carbons (Fsp3) is 0.586. The number of benzene rings is 1. The first kappa shape index (κ1) is 22.5. The molecule has 0 fully saturated rings. The predicted octanol–water partition coefficient (Wildman–Crippen LogP) is 8.71. The van der Waals surface area contributed by atoms with E-state index in [0.29, 0.717) is 6.34 Å². The first-order chi connectivity index (χ1) is 14.3. The summed E-state index contributed by atoms with van der Waals surface area (Å²) in [5.74, 6) is 0. The standard InChI is InChI=1S/C19H25.C10H15.Hf/c1-2-3-4-5-6-8-15-11-12-18-13-16-9-7-10-17(16)14-19(15)18;1-6-7(2)9(4)10(5)8(6)3;/h11-14H,2-10H2,1H3;1-5H3;. The van der Waals surface area contributed by atoms with Crippen LogP contribution in [0.3, 0.4) is 0 Å². The number of unbranched alkanes of at least 4 members (excludes halogenated alkanes) is 4. The summed E-state index contributed by atoms with van der Waals surface area (Å²) >= 11 is -1.14. The van der Waals surface area contributed by atoms with Crippen LogP contribution in [0.5, 0.6) is 0 Å². The second-order valence-corrected chi connectivity index (χ2v) is 18.0. The molecule has 1 unspecified atom stereocenters. The van der Waals surface area contributed by atoms with Crippen molar-refractivity contribution in [1.29, 1.82) is 0 Å². The van der Waals surface area contributed by atoms with Crippen LogP contribution in [0.15, 0.2) is 40.5 Å². The molecule has 0 bridgehead atoms. The quantitative estimate of drug-likeness (QED) is 0.218. The van der Waals surface area contributed by atoms with Crippen molar-refractivity contribution in [2.24, 2.45) is 0 Å². The van der Waals surface area contributed by atoms with Crippen molar-refractivity contribution in [3.8, 4) is 0 Å². The van der Waals surface area contributed by atoms with Gasteiger partial charge in [0.25, 0.3) is 0 Å². The van der Waals surface area contributed by atoms with Crippen molar-refractivity contribution in [3.63, 3.8) is 0 Å². The van der Waals surface area contributed by atoms with Crippen molar-refractivity contribution in [2.45, 2.75) is 106 Å². The van der Waals surface area contributed by atoms with Gasteiger partial charge in [-0.15, -0.1) is 0 Å². The molecule has 1 aromatic rings. The van der Waals surface area contributed by atoms with Crippen molar-refractivity contribution in [2.75, 3.05) is 0 Å². The third-order valence-electron chi connectivity index (χ3n) is 8.63. The molecule has 160 valence electrons. The van der Waals surface area contributed by atoms with Gasteiger partial charge in [-0.25, -0.2) is 0 Å². The van der Waals surface area contributed by atoms with E-state index in [0.717, 1.165) is 0 Å². The molecule has 30 heavy (non-hydrogen) atoms. The third kappa shape index (κ3) is 3.72. The molecule has 0 amide bonds. The Balaban J connectivity index is 1.70. The Kier molecular flexibility index (Phi) is 6.51. The SMILES string of the molecule is CCCCCCC[C]1([Hf][C]2(C)C(C)=C(C)C(C)=C2C)C=Cc2cc3c(cc21)CCC3. The molecule has 3 aliphatic rings. The molecule has 4 rings (SSSR count). The van der Waals surface area contributed by atoms with Gasteiger partial charge in [0.2, 0.25) is 0 Å². The number of aryl methyl sites for hydroxylation is 2. The number of rotatable bonds is 8. The van der Waals surface area contributed by atoms with E-state index in [1.54, 1.807) is 44.5 Å². The number of hydrogen-bond donors (Lipinski definition) is 0. The average molecular weight is 567 g/mol. The van der Waals surface area contributed by atoms with E-state index in [2.05, 4.69) is 65.8 Å². The average Bonchev–Trinajstić information content (AvgIpc) is 3.37. The van der Waals surface area contributed by atoms with Gasteiger partial charge in [-0.1, -0.05) is 0 Å². The maximum absolute atomic E-state index is 2.70. The summed E-state index contributed by atoms with van der Waals surface area (Å²) in [6, 6.07) is 5.24. The van der Waals surface area contributed by atoms with Gasteiger partial charge in [0.1, 0.15) is 0 Å². The monoisotopic (exact) mass is 568 g/mol. The van der Waals surface area contributed by atoms with Crippen LogP contribution >= 0.6 is 0 Å². The second-order valence-electron chi connectivity index (χ2n) is 10.3. The number of fused-ring (bicyclic) bond motifs is 2. The normalized spacial score (nSPS) is 24.1. The molecule has 0 radical (unpaired) electrons.